The Bertz CT molecular complexity index is 1150. The molecule has 44 heavy (non-hydrogen) atoms. The Labute approximate surface area is 269 Å². The number of epoxide rings is 1. The van der Waals surface area contributed by atoms with Gasteiger partial charge in [-0.3, -0.25) is 19.2 Å². The number of hydrogen-bond donors (Lipinski definition) is 4. The van der Waals surface area contributed by atoms with E-state index in [0.29, 0.717) is 13.0 Å². The highest BCUT2D eigenvalue weighted by Crippen LogP contribution is 2.31. The maximum Gasteiger partial charge on any atom is 0.243 e. The highest BCUT2D eigenvalue weighted by atomic mass is 32.2. The zero-order valence-electron chi connectivity index (χ0n) is 27.4. The van der Waals surface area contributed by atoms with Gasteiger partial charge in [-0.25, -0.2) is 18.9 Å². The van der Waals surface area contributed by atoms with Crippen LogP contribution < -0.4 is 21.4 Å². The number of nitrogens with one attached hydrogen (secondary N) is 4. The number of Topliss-reactive ketones (excluding diaryl/α,β-unsaturated/α-hetero) is 1. The van der Waals surface area contributed by atoms with Crippen molar-refractivity contribution in [3.8, 4) is 0 Å². The molecule has 12 nitrogen and oxygen atoms in total. The van der Waals surface area contributed by atoms with Gasteiger partial charge in [-0.15, -0.1) is 0 Å². The molecule has 0 radical (unpaired) electrons. The van der Waals surface area contributed by atoms with Crippen molar-refractivity contribution in [1.29, 1.82) is 0 Å². The first-order chi connectivity index (χ1) is 20.6. The Balaban J connectivity index is -0.000000727. The van der Waals surface area contributed by atoms with Gasteiger partial charge in [-0.2, -0.15) is 0 Å². The predicted octanol–water partition coefficient (Wildman–Crippen LogP) is 2.24. The Kier molecular flexibility index (Phi) is 17.4. The molecule has 3 rings (SSSR count). The van der Waals surface area contributed by atoms with E-state index in [-0.39, 0.29) is 62.1 Å². The minimum Gasteiger partial charge on any atom is -0.361 e. The molecular formula is C31H61N5O7S. The molecule has 13 heteroatoms. The summed E-state index contributed by atoms with van der Waals surface area (Å²) in [4.78, 5) is 49.8. The third kappa shape index (κ3) is 16.8. The van der Waals surface area contributed by atoms with Crippen molar-refractivity contribution in [3.63, 3.8) is 0 Å². The SMILES string of the molecule is CC(C)C.CC(C)C.CC[C@]1(C(=O)CNC(=O)[C@H](Cc2ccccc2)NC(=O)CNC(=O)CNN2CCS(=O)(=O)CC2)CO1.[HH].[HH].[HH].[HH]. The van der Waals surface area contributed by atoms with E-state index in [4.69, 9.17) is 4.74 Å². The molecule has 0 saturated carbocycles. The number of ether oxygens (including phenoxy) is 1. The highest BCUT2D eigenvalue weighted by Gasteiger charge is 2.49. The molecule has 0 aliphatic carbocycles. The van der Waals surface area contributed by atoms with Crippen molar-refractivity contribution < 1.29 is 38.0 Å². The molecule has 258 valence electrons. The minimum atomic E-state index is -3.02. The Morgan fingerprint density at radius 1 is 0.886 bits per heavy atom. The molecule has 0 aromatic heterocycles. The fourth-order valence-electron chi connectivity index (χ4n) is 3.70. The molecule has 4 N–H and O–H groups in total. The van der Waals surface area contributed by atoms with E-state index >= 15 is 0 Å². The van der Waals surface area contributed by atoms with Gasteiger partial charge in [-0.1, -0.05) is 78.8 Å². The van der Waals surface area contributed by atoms with Gasteiger partial charge in [0.25, 0.3) is 0 Å². The van der Waals surface area contributed by atoms with Crippen molar-refractivity contribution in [3.05, 3.63) is 35.9 Å². The number of nitrogens with zero attached hydrogens (tertiary/aromatic N) is 1. The standard InChI is InChI=1S/C23H33N5O7S.2C4H10.4H2/c1-2-23(16-35-23)19(29)13-25-22(32)18(12-17-6-4-3-5-7-17)27-21(31)14-24-20(30)15-26-28-8-10-36(33,34)11-9-28;2*1-4(2)3;;;;/h3-7,18,26H,2,8-16H2,1H3,(H,24,30)(H,25,32)(H,27,31);2*4H,1-3H3;4*1H/t18-,23+;;;;;;/m0....../s1. The zero-order chi connectivity index (χ0) is 33.3. The first-order valence-corrected chi connectivity index (χ1v) is 17.1. The summed E-state index contributed by atoms with van der Waals surface area (Å²) in [6.07, 6.45) is 0.729. The highest BCUT2D eigenvalue weighted by molar-refractivity contribution is 7.91. The fraction of sp³-hybridized carbons (Fsp3) is 0.677. The molecule has 1 aromatic rings. The van der Waals surface area contributed by atoms with E-state index in [0.717, 1.165) is 17.4 Å². The van der Waals surface area contributed by atoms with Gasteiger partial charge >= 0.3 is 0 Å². The van der Waals surface area contributed by atoms with E-state index in [1.165, 1.54) is 0 Å². The second kappa shape index (κ2) is 19.5. The van der Waals surface area contributed by atoms with Crippen LogP contribution in [0, 0.1) is 11.8 Å². The first kappa shape index (κ1) is 39.2. The Hall–Kier alpha value is -2.87. The third-order valence-corrected chi connectivity index (χ3v) is 7.79. The van der Waals surface area contributed by atoms with Gasteiger partial charge in [0.15, 0.2) is 21.2 Å². The summed E-state index contributed by atoms with van der Waals surface area (Å²) in [5.41, 5.74) is 2.85. The van der Waals surface area contributed by atoms with Gasteiger partial charge in [-0.05, 0) is 23.8 Å². The summed E-state index contributed by atoms with van der Waals surface area (Å²) in [5, 5.41) is 9.33. The molecule has 3 amide bonds. The summed E-state index contributed by atoms with van der Waals surface area (Å²) in [6.45, 7) is 15.1. The summed E-state index contributed by atoms with van der Waals surface area (Å²) in [7, 11) is -3.02. The summed E-state index contributed by atoms with van der Waals surface area (Å²) in [6, 6.07) is 8.16. The lowest BCUT2D eigenvalue weighted by Gasteiger charge is -2.26. The topological polar surface area (TPSA) is 166 Å². The molecule has 2 aliphatic rings. The van der Waals surface area contributed by atoms with Gasteiger partial charge in [0, 0.05) is 25.2 Å². The number of carbonyl (C=O) groups excluding carboxylic acids is 4. The number of hydrogen-bond acceptors (Lipinski definition) is 9. The van der Waals surface area contributed by atoms with Crippen LogP contribution in [0.5, 0.6) is 0 Å². The van der Waals surface area contributed by atoms with Crippen LogP contribution >= 0.6 is 0 Å². The molecule has 2 aliphatic heterocycles. The monoisotopic (exact) mass is 647 g/mol. The van der Waals surface area contributed by atoms with Crippen LogP contribution in [-0.4, -0.2) is 99.4 Å². The normalized spacial score (nSPS) is 19.4. The summed E-state index contributed by atoms with van der Waals surface area (Å²) >= 11 is 0. The van der Waals surface area contributed by atoms with Crippen molar-refractivity contribution in [2.24, 2.45) is 11.8 Å². The second-order valence-electron chi connectivity index (χ2n) is 12.3. The van der Waals surface area contributed by atoms with E-state index in [2.05, 4.69) is 62.9 Å². The first-order valence-electron chi connectivity index (χ1n) is 15.3. The van der Waals surface area contributed by atoms with Gasteiger partial charge in [0.2, 0.25) is 17.7 Å². The van der Waals surface area contributed by atoms with Crippen LogP contribution in [0.2, 0.25) is 0 Å². The van der Waals surface area contributed by atoms with E-state index in [1.807, 2.05) is 37.3 Å². The minimum absolute atomic E-state index is 0. The quantitative estimate of drug-likeness (QED) is 0.235. The smallest absolute Gasteiger partial charge is 0.243 e. The lowest BCUT2D eigenvalue weighted by molar-refractivity contribution is -0.131. The number of benzene rings is 1. The Morgan fingerprint density at radius 2 is 1.43 bits per heavy atom. The van der Waals surface area contributed by atoms with Crippen LogP contribution in [0.1, 0.15) is 66.2 Å². The molecule has 2 heterocycles. The molecule has 0 spiro atoms. The van der Waals surface area contributed by atoms with Crippen molar-refractivity contribution >= 4 is 33.3 Å². The number of amides is 3. The maximum atomic E-state index is 12.8. The molecule has 0 bridgehead atoms. The van der Waals surface area contributed by atoms with E-state index in [9.17, 15) is 27.6 Å². The number of carbonyl (C=O) groups is 4. The molecule has 2 atom stereocenters. The second-order valence-corrected chi connectivity index (χ2v) is 14.6. The maximum absolute atomic E-state index is 12.8. The van der Waals surface area contributed by atoms with E-state index in [1.54, 1.807) is 5.01 Å². The predicted molar refractivity (Wildman–Crippen MR) is 180 cm³/mol. The van der Waals surface area contributed by atoms with Crippen LogP contribution in [0.4, 0.5) is 0 Å². The average molecular weight is 648 g/mol. The molecule has 2 fully saturated rings. The van der Waals surface area contributed by atoms with Gasteiger partial charge in [0.1, 0.15) is 6.04 Å². The molecular weight excluding hydrogens is 586 g/mol. The summed E-state index contributed by atoms with van der Waals surface area (Å²) < 4.78 is 28.2. The van der Waals surface area contributed by atoms with Crippen LogP contribution in [0.25, 0.3) is 0 Å². The van der Waals surface area contributed by atoms with Crippen molar-refractivity contribution in [2.45, 2.75) is 73.0 Å². The zero-order valence-corrected chi connectivity index (χ0v) is 28.2. The molecule has 1 aromatic carbocycles. The van der Waals surface area contributed by atoms with Gasteiger partial charge in [0.05, 0.1) is 37.7 Å². The Morgan fingerprint density at radius 3 is 1.93 bits per heavy atom. The van der Waals surface area contributed by atoms with E-state index < -0.39 is 39.2 Å². The van der Waals surface area contributed by atoms with Crippen LogP contribution in [-0.2, 0) is 40.2 Å². The third-order valence-electron chi connectivity index (χ3n) is 6.18. The fourth-order valence-corrected chi connectivity index (χ4v) is 4.90. The molecule has 2 saturated heterocycles. The van der Waals surface area contributed by atoms with Crippen molar-refractivity contribution in [2.75, 3.05) is 50.8 Å². The number of ketones is 1. The lowest BCUT2D eigenvalue weighted by atomic mass is 10.0. The van der Waals surface area contributed by atoms with Crippen molar-refractivity contribution in [1.82, 2.24) is 26.4 Å². The lowest BCUT2D eigenvalue weighted by Crippen LogP contribution is -2.53. The number of sulfone groups is 1. The number of hydrazine groups is 1. The van der Waals surface area contributed by atoms with Crippen LogP contribution in [0.3, 0.4) is 0 Å². The number of rotatable bonds is 13. The summed E-state index contributed by atoms with van der Waals surface area (Å²) in [5.74, 6) is -0.0394. The molecule has 0 unspecified atom stereocenters. The largest absolute Gasteiger partial charge is 0.361 e. The average Bonchev–Trinajstić information content (AvgIpc) is 3.75. The van der Waals surface area contributed by atoms with Crippen LogP contribution in [0.15, 0.2) is 30.3 Å². The van der Waals surface area contributed by atoms with Gasteiger partial charge < -0.3 is 20.7 Å².